The number of carboxylic acids is 1. The quantitative estimate of drug-likeness (QED) is 0.586. The van der Waals surface area contributed by atoms with Crippen molar-refractivity contribution in [1.29, 1.82) is 0 Å². The van der Waals surface area contributed by atoms with Gasteiger partial charge in [0.2, 0.25) is 0 Å². The van der Waals surface area contributed by atoms with E-state index in [4.69, 9.17) is 16.6 Å². The summed E-state index contributed by atoms with van der Waals surface area (Å²) in [6, 6.07) is 6.68. The van der Waals surface area contributed by atoms with E-state index in [0.717, 1.165) is 36.2 Å². The summed E-state index contributed by atoms with van der Waals surface area (Å²) in [4.78, 5) is 33.5. The van der Waals surface area contributed by atoms with Gasteiger partial charge < -0.3 is 10.4 Å². The first kappa shape index (κ1) is 20.3. The molecular formula is C22H23ClN4O3. The van der Waals surface area contributed by atoms with Crippen LogP contribution in [0.1, 0.15) is 65.6 Å². The van der Waals surface area contributed by atoms with Crippen LogP contribution in [-0.2, 0) is 7.05 Å². The molecule has 1 aliphatic carbocycles. The maximum atomic E-state index is 13.1. The molecule has 156 valence electrons. The second kappa shape index (κ2) is 7.72. The third-order valence-corrected chi connectivity index (χ3v) is 5.97. The van der Waals surface area contributed by atoms with Crippen LogP contribution in [-0.4, -0.2) is 25.6 Å². The third-order valence-electron chi connectivity index (χ3n) is 5.76. The first-order chi connectivity index (χ1) is 14.3. The van der Waals surface area contributed by atoms with Gasteiger partial charge in [-0.15, -0.1) is 0 Å². The second-order valence-corrected chi connectivity index (χ2v) is 8.30. The van der Waals surface area contributed by atoms with E-state index in [1.165, 1.54) is 0 Å². The number of rotatable bonds is 5. The number of hydrogen-bond donors (Lipinski definition) is 2. The summed E-state index contributed by atoms with van der Waals surface area (Å²) < 4.78 is 1.67. The highest BCUT2D eigenvalue weighted by molar-refractivity contribution is 6.29. The Kier molecular flexibility index (Phi) is 5.24. The van der Waals surface area contributed by atoms with Crippen molar-refractivity contribution in [2.75, 3.05) is 5.32 Å². The molecule has 1 aromatic carbocycles. The molecule has 0 radical (unpaired) electrons. The largest absolute Gasteiger partial charge is 0.476 e. The summed E-state index contributed by atoms with van der Waals surface area (Å²) in [5, 5.41) is 13.4. The van der Waals surface area contributed by atoms with Crippen molar-refractivity contribution in [1.82, 2.24) is 14.5 Å². The fourth-order valence-electron chi connectivity index (χ4n) is 3.96. The lowest BCUT2D eigenvalue weighted by Crippen LogP contribution is -2.27. The van der Waals surface area contributed by atoms with Crippen molar-refractivity contribution in [3.05, 3.63) is 62.4 Å². The molecule has 0 bridgehead atoms. The van der Waals surface area contributed by atoms with E-state index in [1.807, 2.05) is 26.0 Å². The molecule has 2 N–H and O–H groups in total. The zero-order valence-electron chi connectivity index (χ0n) is 17.1. The minimum Gasteiger partial charge on any atom is -0.476 e. The molecule has 1 fully saturated rings. The zero-order chi connectivity index (χ0) is 21.6. The summed E-state index contributed by atoms with van der Waals surface area (Å²) in [5.74, 6) is -0.0420. The van der Waals surface area contributed by atoms with E-state index in [1.54, 1.807) is 23.7 Å². The average Bonchev–Trinajstić information content (AvgIpc) is 2.65. The number of carbonyl (C=O) groups is 1. The van der Waals surface area contributed by atoms with Gasteiger partial charge in [-0.25, -0.2) is 14.8 Å². The van der Waals surface area contributed by atoms with Gasteiger partial charge in [-0.2, -0.15) is 0 Å². The maximum Gasteiger partial charge on any atom is 0.356 e. The number of aromatic nitrogens is 3. The molecule has 2 heterocycles. The molecule has 0 saturated heterocycles. The van der Waals surface area contributed by atoms with Crippen molar-refractivity contribution < 1.29 is 9.90 Å². The Morgan fingerprint density at radius 3 is 2.67 bits per heavy atom. The van der Waals surface area contributed by atoms with E-state index in [-0.39, 0.29) is 22.4 Å². The van der Waals surface area contributed by atoms with E-state index >= 15 is 0 Å². The van der Waals surface area contributed by atoms with Crippen molar-refractivity contribution in [3.63, 3.8) is 0 Å². The Bertz CT molecular complexity index is 1220. The number of pyridine rings is 1. The van der Waals surface area contributed by atoms with Crippen molar-refractivity contribution >= 4 is 34.2 Å². The lowest BCUT2D eigenvalue weighted by atomic mass is 9.84. The summed E-state index contributed by atoms with van der Waals surface area (Å²) in [6.45, 7) is 3.85. The molecule has 8 heteroatoms. The molecule has 2 aromatic heterocycles. The van der Waals surface area contributed by atoms with Gasteiger partial charge in [0.05, 0.1) is 22.6 Å². The highest BCUT2D eigenvalue weighted by Gasteiger charge is 2.26. The number of anilines is 1. The van der Waals surface area contributed by atoms with Gasteiger partial charge in [0.15, 0.2) is 5.69 Å². The molecule has 1 atom stereocenters. The van der Waals surface area contributed by atoms with Crippen LogP contribution >= 0.6 is 11.6 Å². The summed E-state index contributed by atoms with van der Waals surface area (Å²) >= 11 is 5.86. The Hall–Kier alpha value is -2.93. The van der Waals surface area contributed by atoms with Gasteiger partial charge >= 0.3 is 5.97 Å². The lowest BCUT2D eigenvalue weighted by Gasteiger charge is -2.27. The molecule has 30 heavy (non-hydrogen) atoms. The SMILES string of the molecule is Cc1cc(C(C)Nc2ccc(Cl)nc2C(=O)O)c2nc(C3CCC3)n(C)c(=O)c2c1. The first-order valence-electron chi connectivity index (χ1n) is 9.93. The van der Waals surface area contributed by atoms with Crippen LogP contribution < -0.4 is 10.9 Å². The van der Waals surface area contributed by atoms with Crippen LogP contribution in [0.3, 0.4) is 0 Å². The van der Waals surface area contributed by atoms with Crippen LogP contribution in [0, 0.1) is 6.92 Å². The molecule has 0 aliphatic heterocycles. The van der Waals surface area contributed by atoms with Gasteiger partial charge in [0, 0.05) is 18.5 Å². The average molecular weight is 427 g/mol. The third kappa shape index (κ3) is 3.54. The number of carboxylic acid groups (broad SMARTS) is 1. The molecule has 3 aromatic rings. The minimum absolute atomic E-state index is 0.0570. The Labute approximate surface area is 178 Å². The predicted octanol–water partition coefficient (Wildman–Crippen LogP) is 4.43. The van der Waals surface area contributed by atoms with E-state index < -0.39 is 5.97 Å². The fraction of sp³-hybridized carbons (Fsp3) is 0.364. The topological polar surface area (TPSA) is 97.1 Å². The molecular weight excluding hydrogens is 404 g/mol. The highest BCUT2D eigenvalue weighted by Crippen LogP contribution is 2.36. The van der Waals surface area contributed by atoms with Crippen molar-refractivity contribution in [3.8, 4) is 0 Å². The Balaban J connectivity index is 1.83. The number of nitrogens with zero attached hydrogens (tertiary/aromatic N) is 3. The molecule has 7 nitrogen and oxygen atoms in total. The van der Waals surface area contributed by atoms with Gasteiger partial charge in [0.1, 0.15) is 11.0 Å². The Morgan fingerprint density at radius 1 is 1.30 bits per heavy atom. The van der Waals surface area contributed by atoms with Crippen LogP contribution in [0.25, 0.3) is 10.9 Å². The number of nitrogens with one attached hydrogen (secondary N) is 1. The van der Waals surface area contributed by atoms with E-state index in [0.29, 0.717) is 22.5 Å². The molecule has 4 rings (SSSR count). The number of aromatic carboxylic acids is 1. The molecule has 0 spiro atoms. The van der Waals surface area contributed by atoms with Gasteiger partial charge in [0.25, 0.3) is 5.56 Å². The summed E-state index contributed by atoms with van der Waals surface area (Å²) in [5.41, 5.74) is 2.59. The van der Waals surface area contributed by atoms with E-state index in [9.17, 15) is 14.7 Å². The van der Waals surface area contributed by atoms with Gasteiger partial charge in [-0.05, 0) is 50.5 Å². The molecule has 0 amide bonds. The number of hydrogen-bond acceptors (Lipinski definition) is 5. The summed E-state index contributed by atoms with van der Waals surface area (Å²) in [7, 11) is 1.78. The van der Waals surface area contributed by atoms with Crippen LogP contribution in [0.5, 0.6) is 0 Å². The minimum atomic E-state index is -1.17. The van der Waals surface area contributed by atoms with Crippen molar-refractivity contribution in [2.45, 2.75) is 45.1 Å². The number of aryl methyl sites for hydroxylation is 1. The van der Waals surface area contributed by atoms with Crippen LogP contribution in [0.2, 0.25) is 5.15 Å². The number of fused-ring (bicyclic) bond motifs is 1. The maximum absolute atomic E-state index is 13.1. The lowest BCUT2D eigenvalue weighted by molar-refractivity contribution is 0.0691. The fourth-order valence-corrected chi connectivity index (χ4v) is 4.10. The van der Waals surface area contributed by atoms with Gasteiger partial charge in [-0.3, -0.25) is 9.36 Å². The summed E-state index contributed by atoms with van der Waals surface area (Å²) in [6.07, 6.45) is 3.23. The molecule has 1 unspecified atom stereocenters. The molecule has 1 saturated carbocycles. The van der Waals surface area contributed by atoms with E-state index in [2.05, 4.69) is 10.3 Å². The second-order valence-electron chi connectivity index (χ2n) is 7.91. The predicted molar refractivity (Wildman–Crippen MR) is 117 cm³/mol. The smallest absolute Gasteiger partial charge is 0.356 e. The first-order valence-corrected chi connectivity index (χ1v) is 10.3. The highest BCUT2D eigenvalue weighted by atomic mass is 35.5. The van der Waals surface area contributed by atoms with Crippen molar-refractivity contribution in [2.24, 2.45) is 7.05 Å². The number of benzene rings is 1. The monoisotopic (exact) mass is 426 g/mol. The zero-order valence-corrected chi connectivity index (χ0v) is 17.8. The standard InChI is InChI=1S/C22H23ClN4O3/c1-11-9-14(12(2)24-16-7-8-17(23)25-19(16)22(29)30)18-15(10-11)21(28)27(3)20(26-18)13-5-4-6-13/h7-10,12-13,24H,4-6H2,1-3H3,(H,29,30). The normalized spacial score (nSPS) is 15.1. The Morgan fingerprint density at radius 2 is 2.03 bits per heavy atom. The van der Waals surface area contributed by atoms with Gasteiger partial charge in [-0.1, -0.05) is 24.1 Å². The van der Waals surface area contributed by atoms with Crippen LogP contribution in [0.4, 0.5) is 5.69 Å². The van der Waals surface area contributed by atoms with Crippen LogP contribution in [0.15, 0.2) is 29.1 Å². The molecule has 1 aliphatic rings. The number of halogens is 1.